The smallest absolute Gasteiger partial charge is 0.151 e. The average Bonchev–Trinajstić information content (AvgIpc) is 3.48. The van der Waals surface area contributed by atoms with Crippen LogP contribution < -0.4 is 0 Å². The van der Waals surface area contributed by atoms with Crippen LogP contribution in [0.5, 0.6) is 17.2 Å². The SMILES string of the molecule is Oc1ccc(C2(c3ccccc3)[B]C2(c2ccc(O)cc2)c2ccc(O)cc2)cc1. The molecular formula is C26H20BO3. The minimum Gasteiger partial charge on any atom is -0.508 e. The standard InChI is InChI=1S/C26H20BO3/c28-22-12-6-19(7-13-22)25(18-4-2-1-3-5-18)26(27-25,20-8-14-23(29)15-9-20)21-10-16-24(30)17-11-21/h1-17,28-30H. The maximum Gasteiger partial charge on any atom is 0.151 e. The van der Waals surface area contributed by atoms with Crippen molar-refractivity contribution in [1.29, 1.82) is 0 Å². The Labute approximate surface area is 176 Å². The Morgan fingerprint density at radius 2 is 0.700 bits per heavy atom. The number of hydrogen-bond acceptors (Lipinski definition) is 3. The van der Waals surface area contributed by atoms with Crippen molar-refractivity contribution in [2.45, 2.75) is 10.6 Å². The second-order valence-electron chi connectivity index (χ2n) is 7.77. The summed E-state index contributed by atoms with van der Waals surface area (Å²) in [5, 5.41) is 28.7. The summed E-state index contributed by atoms with van der Waals surface area (Å²) < 4.78 is 0. The maximum absolute atomic E-state index is 9.87. The molecule has 0 spiro atoms. The van der Waals surface area contributed by atoms with Gasteiger partial charge in [0, 0.05) is 0 Å². The molecule has 1 unspecified atom stereocenters. The predicted octanol–water partition coefficient (Wildman–Crippen LogP) is 4.71. The molecule has 0 saturated carbocycles. The van der Waals surface area contributed by atoms with Gasteiger partial charge in [0.15, 0.2) is 7.28 Å². The lowest BCUT2D eigenvalue weighted by Gasteiger charge is -2.30. The molecule has 1 fully saturated rings. The van der Waals surface area contributed by atoms with E-state index in [0.29, 0.717) is 0 Å². The van der Waals surface area contributed by atoms with E-state index < -0.39 is 10.6 Å². The van der Waals surface area contributed by atoms with Gasteiger partial charge in [-0.2, -0.15) is 0 Å². The fourth-order valence-corrected chi connectivity index (χ4v) is 4.74. The van der Waals surface area contributed by atoms with Crippen LogP contribution in [-0.2, 0) is 10.6 Å². The van der Waals surface area contributed by atoms with Crippen LogP contribution in [0.4, 0.5) is 0 Å². The van der Waals surface area contributed by atoms with Crippen LogP contribution in [0, 0.1) is 0 Å². The number of hydrogen-bond donors (Lipinski definition) is 3. The van der Waals surface area contributed by atoms with Gasteiger partial charge in [0.25, 0.3) is 0 Å². The predicted molar refractivity (Wildman–Crippen MR) is 118 cm³/mol. The van der Waals surface area contributed by atoms with Crippen LogP contribution in [0.1, 0.15) is 22.3 Å². The van der Waals surface area contributed by atoms with E-state index in [4.69, 9.17) is 0 Å². The van der Waals surface area contributed by atoms with Gasteiger partial charge in [-0.05, 0) is 69.3 Å². The fourth-order valence-electron chi connectivity index (χ4n) is 4.74. The summed E-state index contributed by atoms with van der Waals surface area (Å²) in [6, 6.07) is 32.2. The van der Waals surface area contributed by atoms with Gasteiger partial charge in [0.2, 0.25) is 0 Å². The Bertz CT molecular complexity index is 1120. The number of aromatic hydroxyl groups is 3. The summed E-state index contributed by atoms with van der Waals surface area (Å²) in [6.45, 7) is 0. The highest BCUT2D eigenvalue weighted by Gasteiger charge is 2.70. The number of rotatable bonds is 4. The van der Waals surface area contributed by atoms with E-state index in [0.717, 1.165) is 22.3 Å². The van der Waals surface area contributed by atoms with Gasteiger partial charge in [0.1, 0.15) is 17.2 Å². The van der Waals surface area contributed by atoms with E-state index in [1.54, 1.807) is 36.4 Å². The molecule has 1 heterocycles. The molecule has 0 amide bonds. The largest absolute Gasteiger partial charge is 0.508 e. The van der Waals surface area contributed by atoms with E-state index in [1.165, 1.54) is 0 Å². The van der Waals surface area contributed by atoms with Gasteiger partial charge in [-0.1, -0.05) is 66.7 Å². The van der Waals surface area contributed by atoms with Gasteiger partial charge in [0.05, 0.1) is 0 Å². The topological polar surface area (TPSA) is 60.7 Å². The van der Waals surface area contributed by atoms with E-state index in [2.05, 4.69) is 19.4 Å². The van der Waals surface area contributed by atoms with Crippen LogP contribution in [0.25, 0.3) is 0 Å². The highest BCUT2D eigenvalue weighted by molar-refractivity contribution is 6.63. The van der Waals surface area contributed by atoms with E-state index >= 15 is 0 Å². The maximum atomic E-state index is 9.87. The number of phenols is 3. The van der Waals surface area contributed by atoms with Crippen LogP contribution in [0.15, 0.2) is 103 Å². The van der Waals surface area contributed by atoms with E-state index in [-0.39, 0.29) is 17.2 Å². The summed E-state index contributed by atoms with van der Waals surface area (Å²) in [6.07, 6.45) is 0. The Morgan fingerprint density at radius 3 is 1.03 bits per heavy atom. The summed E-state index contributed by atoms with van der Waals surface area (Å²) in [5.74, 6) is 0.660. The monoisotopic (exact) mass is 391 g/mol. The molecule has 4 aromatic rings. The third-order valence-corrected chi connectivity index (χ3v) is 6.17. The minimum atomic E-state index is -0.493. The first-order valence-corrected chi connectivity index (χ1v) is 9.87. The Kier molecular flexibility index (Phi) is 4.11. The molecule has 1 aliphatic heterocycles. The van der Waals surface area contributed by atoms with Crippen molar-refractivity contribution < 1.29 is 15.3 Å². The number of phenolic OH excluding ortho intramolecular Hbond substituents is 3. The molecule has 1 radical (unpaired) electrons. The molecule has 1 atom stereocenters. The summed E-state index contributed by atoms with van der Waals surface area (Å²) in [7, 11) is 2.31. The molecule has 5 rings (SSSR count). The van der Waals surface area contributed by atoms with Gasteiger partial charge < -0.3 is 15.3 Å². The van der Waals surface area contributed by atoms with Crippen molar-refractivity contribution >= 4 is 7.28 Å². The highest BCUT2D eigenvalue weighted by atomic mass is 16.3. The zero-order chi connectivity index (χ0) is 20.8. The Hall–Kier alpha value is -3.66. The first-order chi connectivity index (χ1) is 14.6. The molecule has 1 aliphatic rings. The van der Waals surface area contributed by atoms with Crippen molar-refractivity contribution in [3.8, 4) is 17.2 Å². The van der Waals surface area contributed by atoms with Crippen molar-refractivity contribution in [1.82, 2.24) is 0 Å². The zero-order valence-electron chi connectivity index (χ0n) is 16.2. The third-order valence-electron chi connectivity index (χ3n) is 6.17. The van der Waals surface area contributed by atoms with Gasteiger partial charge in [-0.15, -0.1) is 0 Å². The van der Waals surface area contributed by atoms with Crippen molar-refractivity contribution in [3.63, 3.8) is 0 Å². The lowest BCUT2D eigenvalue weighted by Crippen LogP contribution is -2.25. The van der Waals surface area contributed by atoms with Crippen LogP contribution >= 0.6 is 0 Å². The molecular weight excluding hydrogens is 371 g/mol. The molecule has 145 valence electrons. The summed E-state index contributed by atoms with van der Waals surface area (Å²) in [5.41, 5.74) is 4.29. The number of benzene rings is 4. The minimum absolute atomic E-state index is 0.218. The van der Waals surface area contributed by atoms with Crippen molar-refractivity contribution in [2.75, 3.05) is 0 Å². The molecule has 3 N–H and O–H groups in total. The van der Waals surface area contributed by atoms with Gasteiger partial charge in [-0.25, -0.2) is 0 Å². The van der Waals surface area contributed by atoms with Crippen molar-refractivity contribution in [3.05, 3.63) is 125 Å². The average molecular weight is 391 g/mol. The lowest BCUT2D eigenvalue weighted by atomic mass is 9.74. The van der Waals surface area contributed by atoms with Crippen LogP contribution in [0.2, 0.25) is 0 Å². The molecule has 4 aromatic carbocycles. The first-order valence-electron chi connectivity index (χ1n) is 9.87. The molecule has 30 heavy (non-hydrogen) atoms. The molecule has 0 aliphatic carbocycles. The molecule has 1 saturated heterocycles. The van der Waals surface area contributed by atoms with E-state index in [9.17, 15) is 15.3 Å². The summed E-state index contributed by atoms with van der Waals surface area (Å²) >= 11 is 0. The highest BCUT2D eigenvalue weighted by Crippen LogP contribution is 2.65. The lowest BCUT2D eigenvalue weighted by molar-refractivity contribution is 0.473. The zero-order valence-corrected chi connectivity index (χ0v) is 16.2. The molecule has 4 heteroatoms. The molecule has 0 aromatic heterocycles. The normalized spacial score (nSPS) is 19.1. The second-order valence-corrected chi connectivity index (χ2v) is 7.77. The summed E-state index contributed by atoms with van der Waals surface area (Å²) in [4.78, 5) is 0. The van der Waals surface area contributed by atoms with Gasteiger partial charge >= 0.3 is 0 Å². The first kappa shape index (κ1) is 18.4. The molecule has 0 bridgehead atoms. The Morgan fingerprint density at radius 1 is 0.400 bits per heavy atom. The molecule has 3 nitrogen and oxygen atoms in total. The Balaban J connectivity index is 1.80. The van der Waals surface area contributed by atoms with Crippen LogP contribution in [-0.4, -0.2) is 22.6 Å². The van der Waals surface area contributed by atoms with E-state index in [1.807, 2.05) is 54.6 Å². The van der Waals surface area contributed by atoms with Crippen molar-refractivity contribution in [2.24, 2.45) is 0 Å². The third kappa shape index (κ3) is 2.61. The quantitative estimate of drug-likeness (QED) is 0.442. The van der Waals surface area contributed by atoms with Gasteiger partial charge in [-0.3, -0.25) is 0 Å². The van der Waals surface area contributed by atoms with Crippen LogP contribution in [0.3, 0.4) is 0 Å². The second kappa shape index (κ2) is 6.70. The fraction of sp³-hybridized carbons (Fsp3) is 0.0769.